The Morgan fingerprint density at radius 3 is 1.81 bits per heavy atom. The van der Waals surface area contributed by atoms with Crippen molar-refractivity contribution in [3.05, 3.63) is 0 Å². The quantitative estimate of drug-likeness (QED) is 0.363. The zero-order valence-corrected chi connectivity index (χ0v) is 16.8. The molecule has 0 atom stereocenters. The maximum Gasteiger partial charge on any atom is 0.333 e. The highest BCUT2D eigenvalue weighted by atomic mass is 16.7. The number of hydroxylamine groups is 2. The van der Waals surface area contributed by atoms with E-state index in [1.165, 1.54) is 0 Å². The summed E-state index contributed by atoms with van der Waals surface area (Å²) in [7, 11) is 0. The van der Waals surface area contributed by atoms with E-state index in [2.05, 4.69) is 5.32 Å². The Hall–Kier alpha value is -2.45. The number of ether oxygens (including phenoxy) is 1. The number of unbranched alkanes of at least 4 members (excludes halogenated alkanes) is 3. The van der Waals surface area contributed by atoms with Crippen molar-refractivity contribution in [1.82, 2.24) is 10.4 Å². The van der Waals surface area contributed by atoms with Gasteiger partial charge < -0.3 is 14.9 Å². The summed E-state index contributed by atoms with van der Waals surface area (Å²) in [5.74, 6) is -2.70. The predicted molar refractivity (Wildman–Crippen MR) is 95.8 cm³/mol. The summed E-state index contributed by atoms with van der Waals surface area (Å²) < 4.78 is 5.08. The van der Waals surface area contributed by atoms with Crippen LogP contribution in [0.1, 0.15) is 73.1 Å². The largest absolute Gasteiger partial charge is 0.459 e. The number of imide groups is 1. The maximum atomic E-state index is 11.6. The molecule has 27 heavy (non-hydrogen) atoms. The lowest BCUT2D eigenvalue weighted by Crippen LogP contribution is -2.35. The van der Waals surface area contributed by atoms with Crippen molar-refractivity contribution in [1.29, 1.82) is 0 Å². The van der Waals surface area contributed by atoms with E-state index >= 15 is 0 Å². The van der Waals surface area contributed by atoms with Crippen LogP contribution in [0.15, 0.2) is 0 Å². The van der Waals surface area contributed by atoms with Crippen LogP contribution in [0.5, 0.6) is 0 Å². The van der Waals surface area contributed by atoms with Gasteiger partial charge in [0, 0.05) is 26.7 Å². The highest BCUT2D eigenvalue weighted by molar-refractivity contribution is 5.92. The molecule has 0 bridgehead atoms. The molecule has 0 rings (SSSR count). The third kappa shape index (κ3) is 13.4. The Morgan fingerprint density at radius 1 is 0.815 bits per heavy atom. The van der Waals surface area contributed by atoms with Gasteiger partial charge in [-0.1, -0.05) is 12.8 Å². The van der Waals surface area contributed by atoms with Crippen molar-refractivity contribution in [2.24, 2.45) is 0 Å². The molecule has 0 aliphatic heterocycles. The average molecular weight is 386 g/mol. The number of esters is 1. The number of carbonyl (C=O) groups is 5. The second kappa shape index (κ2) is 12.0. The lowest BCUT2D eigenvalue weighted by molar-refractivity contribution is -0.200. The summed E-state index contributed by atoms with van der Waals surface area (Å²) in [5, 5.41) is 2.93. The van der Waals surface area contributed by atoms with E-state index < -0.39 is 29.4 Å². The van der Waals surface area contributed by atoms with E-state index in [-0.39, 0.29) is 25.3 Å². The van der Waals surface area contributed by atoms with E-state index in [1.54, 1.807) is 20.8 Å². The van der Waals surface area contributed by atoms with Gasteiger partial charge in [0.15, 0.2) is 0 Å². The third-order valence-electron chi connectivity index (χ3n) is 3.15. The minimum absolute atomic E-state index is 0.0713. The van der Waals surface area contributed by atoms with Crippen molar-refractivity contribution in [2.75, 3.05) is 6.54 Å². The first kappa shape index (κ1) is 24.6. The fourth-order valence-corrected chi connectivity index (χ4v) is 2.04. The summed E-state index contributed by atoms with van der Waals surface area (Å²) in [6, 6.07) is 0. The molecular weight excluding hydrogens is 356 g/mol. The molecule has 0 aliphatic carbocycles. The van der Waals surface area contributed by atoms with Crippen molar-refractivity contribution in [3.8, 4) is 0 Å². The molecule has 0 aromatic heterocycles. The van der Waals surface area contributed by atoms with Crippen LogP contribution in [0.4, 0.5) is 0 Å². The van der Waals surface area contributed by atoms with E-state index in [4.69, 9.17) is 9.57 Å². The first-order valence-electron chi connectivity index (χ1n) is 8.93. The molecule has 0 radical (unpaired) electrons. The normalized spacial score (nSPS) is 10.7. The number of carbonyl (C=O) groups excluding carboxylic acids is 5. The average Bonchev–Trinajstić information content (AvgIpc) is 2.51. The molecule has 3 amide bonds. The van der Waals surface area contributed by atoms with Crippen LogP contribution in [0.3, 0.4) is 0 Å². The molecule has 0 unspecified atom stereocenters. The van der Waals surface area contributed by atoms with Gasteiger partial charge in [-0.15, -0.1) is 5.06 Å². The first-order valence-corrected chi connectivity index (χ1v) is 8.93. The topological polar surface area (TPSA) is 119 Å². The van der Waals surface area contributed by atoms with Crippen LogP contribution < -0.4 is 5.32 Å². The summed E-state index contributed by atoms with van der Waals surface area (Å²) in [5.41, 5.74) is -0.588. The van der Waals surface area contributed by atoms with Gasteiger partial charge in [-0.2, -0.15) is 0 Å². The molecular formula is C18H30N2O7. The Bertz CT molecular complexity index is 538. The van der Waals surface area contributed by atoms with Crippen LogP contribution in [-0.2, 0) is 33.5 Å². The Labute approximate surface area is 159 Å². The molecule has 0 spiro atoms. The third-order valence-corrected chi connectivity index (χ3v) is 3.15. The van der Waals surface area contributed by atoms with Gasteiger partial charge >= 0.3 is 11.9 Å². The predicted octanol–water partition coefficient (Wildman–Crippen LogP) is 1.64. The molecule has 0 saturated heterocycles. The SMILES string of the molecule is CC(=O)N(OC(=O)CCCCCCC(=O)NCC(=O)OC(C)(C)C)C(C)=O. The number of hydrogen-bond acceptors (Lipinski definition) is 7. The standard InChI is InChI=1S/C18H30N2O7/c1-13(21)20(14(2)22)27-16(24)11-9-7-6-8-10-15(23)19-12-17(25)26-18(3,4)5/h6-12H2,1-5H3,(H,19,23). The second-order valence-corrected chi connectivity index (χ2v) is 7.07. The Balaban J connectivity index is 3.80. The molecule has 9 heteroatoms. The van der Waals surface area contributed by atoms with Gasteiger partial charge in [-0.05, 0) is 33.6 Å². The van der Waals surface area contributed by atoms with Gasteiger partial charge in [0.2, 0.25) is 5.91 Å². The van der Waals surface area contributed by atoms with E-state index in [0.717, 1.165) is 20.3 Å². The molecule has 0 aliphatic rings. The van der Waals surface area contributed by atoms with Crippen LogP contribution in [0, 0.1) is 0 Å². The lowest BCUT2D eigenvalue weighted by Gasteiger charge is -2.19. The smallest absolute Gasteiger partial charge is 0.333 e. The fraction of sp³-hybridized carbons (Fsp3) is 0.722. The van der Waals surface area contributed by atoms with Gasteiger partial charge in [0.25, 0.3) is 11.8 Å². The lowest BCUT2D eigenvalue weighted by atomic mass is 10.1. The zero-order chi connectivity index (χ0) is 21.0. The summed E-state index contributed by atoms with van der Waals surface area (Å²) >= 11 is 0. The number of hydrogen-bond donors (Lipinski definition) is 1. The molecule has 0 saturated carbocycles. The molecule has 0 heterocycles. The minimum atomic E-state index is -0.659. The maximum absolute atomic E-state index is 11.6. The van der Waals surface area contributed by atoms with Crippen molar-refractivity contribution >= 4 is 29.7 Å². The number of rotatable bonds is 9. The molecule has 0 fully saturated rings. The number of nitrogens with zero attached hydrogens (tertiary/aromatic N) is 1. The van der Waals surface area contributed by atoms with Crippen molar-refractivity contribution in [3.63, 3.8) is 0 Å². The molecule has 0 aromatic rings. The minimum Gasteiger partial charge on any atom is -0.459 e. The second-order valence-electron chi connectivity index (χ2n) is 7.07. The Morgan fingerprint density at radius 2 is 1.33 bits per heavy atom. The summed E-state index contributed by atoms with van der Waals surface area (Å²) in [6.45, 7) is 7.34. The van der Waals surface area contributed by atoms with Gasteiger partial charge in [0.1, 0.15) is 12.1 Å². The van der Waals surface area contributed by atoms with E-state index in [1.807, 2.05) is 0 Å². The van der Waals surface area contributed by atoms with Gasteiger partial charge in [-0.3, -0.25) is 19.2 Å². The first-order chi connectivity index (χ1) is 12.4. The van der Waals surface area contributed by atoms with Crippen LogP contribution in [0.25, 0.3) is 0 Å². The van der Waals surface area contributed by atoms with Crippen LogP contribution >= 0.6 is 0 Å². The fourth-order valence-electron chi connectivity index (χ4n) is 2.04. The molecule has 1 N–H and O–H groups in total. The van der Waals surface area contributed by atoms with Crippen molar-refractivity contribution in [2.45, 2.75) is 78.7 Å². The number of amides is 3. The molecule has 0 aromatic carbocycles. The summed E-state index contributed by atoms with van der Waals surface area (Å²) in [6.07, 6.45) is 2.88. The number of nitrogens with one attached hydrogen (secondary N) is 1. The molecule has 9 nitrogen and oxygen atoms in total. The van der Waals surface area contributed by atoms with Gasteiger partial charge in [-0.25, -0.2) is 4.79 Å². The van der Waals surface area contributed by atoms with Crippen molar-refractivity contribution < 1.29 is 33.5 Å². The monoisotopic (exact) mass is 386 g/mol. The van der Waals surface area contributed by atoms with Gasteiger partial charge in [0.05, 0.1) is 0 Å². The highest BCUT2D eigenvalue weighted by Crippen LogP contribution is 2.08. The highest BCUT2D eigenvalue weighted by Gasteiger charge is 2.19. The van der Waals surface area contributed by atoms with E-state index in [9.17, 15) is 24.0 Å². The summed E-state index contributed by atoms with van der Waals surface area (Å²) in [4.78, 5) is 61.6. The Kier molecular flexibility index (Phi) is 10.9. The van der Waals surface area contributed by atoms with Crippen LogP contribution in [-0.4, -0.2) is 46.9 Å². The zero-order valence-electron chi connectivity index (χ0n) is 16.8. The van der Waals surface area contributed by atoms with Crippen LogP contribution in [0.2, 0.25) is 0 Å². The molecule has 154 valence electrons. The van der Waals surface area contributed by atoms with E-state index in [0.29, 0.717) is 24.3 Å².